The van der Waals surface area contributed by atoms with E-state index >= 15 is 0 Å². The zero-order valence-corrected chi connectivity index (χ0v) is 13.0. The molecule has 1 aromatic heterocycles. The van der Waals surface area contributed by atoms with Gasteiger partial charge in [0.05, 0.1) is 12.8 Å². The first-order valence-electron chi connectivity index (χ1n) is 7.59. The number of hydrogen-bond acceptors (Lipinski definition) is 4. The van der Waals surface area contributed by atoms with Crippen LogP contribution in [0.15, 0.2) is 5.38 Å². The van der Waals surface area contributed by atoms with Crippen molar-refractivity contribution in [2.45, 2.75) is 26.2 Å². The number of carbonyl (C=O) groups excluding carboxylic acids is 2. The van der Waals surface area contributed by atoms with Gasteiger partial charge >= 0.3 is 5.97 Å². The normalized spacial score (nSPS) is 35.4. The Balaban J connectivity index is 1.51. The minimum absolute atomic E-state index is 0.105. The molecule has 4 nitrogen and oxygen atoms in total. The Morgan fingerprint density at radius 1 is 1.29 bits per heavy atom. The molecule has 0 aliphatic heterocycles. The number of esters is 1. The van der Waals surface area contributed by atoms with Gasteiger partial charge in [-0.1, -0.05) is 0 Å². The van der Waals surface area contributed by atoms with Gasteiger partial charge in [-0.2, -0.15) is 0 Å². The summed E-state index contributed by atoms with van der Waals surface area (Å²) in [6.45, 7) is 1.91. The maximum Gasteiger partial charge on any atom is 0.350 e. The van der Waals surface area contributed by atoms with E-state index in [9.17, 15) is 9.59 Å². The molecular weight excluding hydrogens is 286 g/mol. The van der Waals surface area contributed by atoms with Gasteiger partial charge in [-0.25, -0.2) is 4.79 Å². The zero-order valence-electron chi connectivity index (χ0n) is 12.2. The second kappa shape index (κ2) is 4.57. The lowest BCUT2D eigenvalue weighted by molar-refractivity contribution is -0.118. The number of nitrogens with one attached hydrogen (secondary N) is 1. The Hall–Kier alpha value is -1.36. The fourth-order valence-electron chi connectivity index (χ4n) is 4.72. The standard InChI is InChI=1S/C16H19NO3S/c1-7-6-21-14(16(19)20-2)13(7)17-15(18)12-10-8-3-4-9(5-8)11(10)12/h6,8-12H,3-5H2,1-2H3,(H,17,18). The van der Waals surface area contributed by atoms with Crippen molar-refractivity contribution >= 4 is 28.9 Å². The fourth-order valence-corrected chi connectivity index (χ4v) is 5.65. The van der Waals surface area contributed by atoms with E-state index in [1.165, 1.54) is 37.7 Å². The van der Waals surface area contributed by atoms with E-state index in [1.54, 1.807) is 0 Å². The number of hydrogen-bond donors (Lipinski definition) is 1. The molecule has 0 spiro atoms. The maximum atomic E-state index is 12.6. The first-order valence-corrected chi connectivity index (χ1v) is 8.47. The van der Waals surface area contributed by atoms with Crippen LogP contribution in [0.4, 0.5) is 5.69 Å². The molecule has 21 heavy (non-hydrogen) atoms. The highest BCUT2D eigenvalue weighted by Crippen LogP contribution is 2.69. The van der Waals surface area contributed by atoms with Gasteiger partial charge in [-0.3, -0.25) is 4.79 Å². The summed E-state index contributed by atoms with van der Waals surface area (Å²) in [6, 6.07) is 0. The molecule has 3 fully saturated rings. The van der Waals surface area contributed by atoms with Crippen molar-refractivity contribution in [3.8, 4) is 0 Å². The lowest BCUT2D eigenvalue weighted by atomic mass is 10.0. The summed E-state index contributed by atoms with van der Waals surface area (Å²) >= 11 is 1.33. The molecular formula is C16H19NO3S. The summed E-state index contributed by atoms with van der Waals surface area (Å²) < 4.78 is 4.79. The summed E-state index contributed by atoms with van der Waals surface area (Å²) in [7, 11) is 1.37. The summed E-state index contributed by atoms with van der Waals surface area (Å²) in [6.07, 6.45) is 3.95. The van der Waals surface area contributed by atoms with Crippen LogP contribution in [0.3, 0.4) is 0 Å². The van der Waals surface area contributed by atoms with Crippen LogP contribution in [0, 0.1) is 36.5 Å². The predicted octanol–water partition coefficient (Wildman–Crippen LogP) is 3.07. The molecule has 4 rings (SSSR count). The van der Waals surface area contributed by atoms with Crippen LogP contribution in [0.25, 0.3) is 0 Å². The van der Waals surface area contributed by atoms with Gasteiger partial charge in [0.1, 0.15) is 4.88 Å². The highest BCUT2D eigenvalue weighted by atomic mass is 32.1. The van der Waals surface area contributed by atoms with Crippen LogP contribution in [-0.4, -0.2) is 19.0 Å². The van der Waals surface area contributed by atoms with E-state index in [2.05, 4.69) is 5.32 Å². The van der Waals surface area contributed by atoms with Crippen molar-refractivity contribution in [3.63, 3.8) is 0 Å². The van der Waals surface area contributed by atoms with E-state index in [-0.39, 0.29) is 17.8 Å². The van der Waals surface area contributed by atoms with Crippen LogP contribution in [-0.2, 0) is 9.53 Å². The SMILES string of the molecule is COC(=O)c1scc(C)c1NC(=O)C1C2C3CCC(C3)C12. The summed E-state index contributed by atoms with van der Waals surface area (Å²) in [5.41, 5.74) is 1.58. The van der Waals surface area contributed by atoms with E-state index in [0.29, 0.717) is 22.4 Å². The Bertz CT molecular complexity index is 607. The third kappa shape index (κ3) is 1.86. The molecule has 4 atom stereocenters. The quantitative estimate of drug-likeness (QED) is 0.873. The molecule has 1 heterocycles. The van der Waals surface area contributed by atoms with Crippen molar-refractivity contribution in [1.82, 2.24) is 0 Å². The maximum absolute atomic E-state index is 12.6. The number of thiophene rings is 1. The minimum atomic E-state index is -0.375. The van der Waals surface area contributed by atoms with Gasteiger partial charge < -0.3 is 10.1 Å². The van der Waals surface area contributed by atoms with Crippen molar-refractivity contribution < 1.29 is 14.3 Å². The van der Waals surface area contributed by atoms with Crippen LogP contribution < -0.4 is 5.32 Å². The molecule has 2 bridgehead atoms. The molecule has 3 aliphatic carbocycles. The van der Waals surface area contributed by atoms with Crippen molar-refractivity contribution in [3.05, 3.63) is 15.8 Å². The van der Waals surface area contributed by atoms with Crippen LogP contribution >= 0.6 is 11.3 Å². The van der Waals surface area contributed by atoms with Gasteiger partial charge in [0.2, 0.25) is 5.91 Å². The first kappa shape index (κ1) is 13.3. The Morgan fingerprint density at radius 3 is 2.57 bits per heavy atom. The highest BCUT2D eigenvalue weighted by Gasteiger charge is 2.67. The molecule has 3 saturated carbocycles. The second-order valence-electron chi connectivity index (χ2n) is 6.62. The number of ether oxygens (including phenoxy) is 1. The van der Waals surface area contributed by atoms with Gasteiger partial charge in [0.25, 0.3) is 0 Å². The van der Waals surface area contributed by atoms with Gasteiger partial charge in [0, 0.05) is 5.92 Å². The number of fused-ring (bicyclic) bond motifs is 5. The molecule has 1 amide bonds. The third-order valence-electron chi connectivity index (χ3n) is 5.63. The lowest BCUT2D eigenvalue weighted by Gasteiger charge is -2.10. The number of aryl methyl sites for hydroxylation is 1. The van der Waals surface area contributed by atoms with Crippen molar-refractivity contribution in [1.29, 1.82) is 0 Å². The van der Waals surface area contributed by atoms with E-state index in [1.807, 2.05) is 12.3 Å². The minimum Gasteiger partial charge on any atom is -0.465 e. The topological polar surface area (TPSA) is 55.4 Å². The molecule has 0 radical (unpaired) electrons. The summed E-state index contributed by atoms with van der Waals surface area (Å²) in [4.78, 5) is 24.8. The number of carbonyl (C=O) groups is 2. The largest absolute Gasteiger partial charge is 0.465 e. The van der Waals surface area contributed by atoms with Crippen LogP contribution in [0.2, 0.25) is 0 Å². The van der Waals surface area contributed by atoms with E-state index in [0.717, 1.165) is 17.4 Å². The van der Waals surface area contributed by atoms with Crippen molar-refractivity contribution in [2.24, 2.45) is 29.6 Å². The van der Waals surface area contributed by atoms with E-state index < -0.39 is 0 Å². The summed E-state index contributed by atoms with van der Waals surface area (Å²) in [5.74, 6) is 2.70. The number of methoxy groups -OCH3 is 1. The predicted molar refractivity (Wildman–Crippen MR) is 80.3 cm³/mol. The van der Waals surface area contributed by atoms with Gasteiger partial charge in [-0.15, -0.1) is 11.3 Å². The highest BCUT2D eigenvalue weighted by molar-refractivity contribution is 7.12. The van der Waals surface area contributed by atoms with Gasteiger partial charge in [0.15, 0.2) is 0 Å². The van der Waals surface area contributed by atoms with Crippen LogP contribution in [0.1, 0.15) is 34.5 Å². The average molecular weight is 305 g/mol. The molecule has 1 N–H and O–H groups in total. The molecule has 3 aliphatic rings. The van der Waals surface area contributed by atoms with E-state index in [4.69, 9.17) is 4.74 Å². The number of anilines is 1. The monoisotopic (exact) mass is 305 g/mol. The third-order valence-corrected chi connectivity index (χ3v) is 6.71. The number of rotatable bonds is 3. The molecule has 0 aromatic carbocycles. The van der Waals surface area contributed by atoms with Crippen molar-refractivity contribution in [2.75, 3.05) is 12.4 Å². The average Bonchev–Trinajstić information content (AvgIpc) is 2.77. The molecule has 1 aromatic rings. The zero-order chi connectivity index (χ0) is 14.7. The lowest BCUT2D eigenvalue weighted by Crippen LogP contribution is -2.20. The molecule has 0 saturated heterocycles. The molecule has 4 unspecified atom stereocenters. The Morgan fingerprint density at radius 2 is 1.95 bits per heavy atom. The van der Waals surface area contributed by atoms with Gasteiger partial charge in [-0.05, 0) is 60.8 Å². The fraction of sp³-hybridized carbons (Fsp3) is 0.625. The Labute approximate surface area is 127 Å². The Kier molecular flexibility index (Phi) is 2.89. The summed E-state index contributed by atoms with van der Waals surface area (Å²) in [5, 5.41) is 4.89. The number of amides is 1. The molecule has 5 heteroatoms. The molecule has 112 valence electrons. The van der Waals surface area contributed by atoms with Crippen LogP contribution in [0.5, 0.6) is 0 Å². The smallest absolute Gasteiger partial charge is 0.350 e. The second-order valence-corrected chi connectivity index (χ2v) is 7.50. The first-order chi connectivity index (χ1) is 10.1.